The van der Waals surface area contributed by atoms with Gasteiger partial charge in [0.25, 0.3) is 0 Å². The molecule has 0 bridgehead atoms. The molecule has 1 aliphatic rings. The Balaban J connectivity index is 1.69. The highest BCUT2D eigenvalue weighted by Crippen LogP contribution is 2.43. The Morgan fingerprint density at radius 1 is 1.33 bits per heavy atom. The van der Waals surface area contributed by atoms with E-state index in [-0.39, 0.29) is 24.7 Å². The van der Waals surface area contributed by atoms with Gasteiger partial charge in [-0.1, -0.05) is 11.2 Å². The average Bonchev–Trinajstić information content (AvgIpc) is 3.15. The van der Waals surface area contributed by atoms with E-state index in [1.54, 1.807) is 6.20 Å². The fourth-order valence-electron chi connectivity index (χ4n) is 2.76. The van der Waals surface area contributed by atoms with Crippen LogP contribution < -0.4 is 0 Å². The van der Waals surface area contributed by atoms with Gasteiger partial charge in [0.2, 0.25) is 17.6 Å². The molecule has 1 fully saturated rings. The second-order valence-corrected chi connectivity index (χ2v) is 5.32. The molecule has 0 amide bonds. The summed E-state index contributed by atoms with van der Waals surface area (Å²) in [6, 6.07) is 5.62. The van der Waals surface area contributed by atoms with Gasteiger partial charge in [-0.15, -0.1) is 0 Å². The van der Waals surface area contributed by atoms with E-state index in [1.807, 2.05) is 28.8 Å². The molecule has 0 saturated heterocycles. The van der Waals surface area contributed by atoms with Gasteiger partial charge in [-0.3, -0.25) is 4.40 Å². The topological polar surface area (TPSA) is 56.2 Å². The second kappa shape index (κ2) is 4.34. The summed E-state index contributed by atoms with van der Waals surface area (Å²) < 4.78 is 33.5. The molecule has 21 heavy (non-hydrogen) atoms. The minimum absolute atomic E-state index is 0.120. The number of fused-ring (bicyclic) bond motifs is 1. The van der Waals surface area contributed by atoms with Crippen LogP contribution >= 0.6 is 0 Å². The van der Waals surface area contributed by atoms with Gasteiger partial charge in [0.1, 0.15) is 11.3 Å². The van der Waals surface area contributed by atoms with E-state index in [1.165, 1.54) is 0 Å². The summed E-state index contributed by atoms with van der Waals surface area (Å²) >= 11 is 0. The van der Waals surface area contributed by atoms with Gasteiger partial charge < -0.3 is 4.52 Å². The van der Waals surface area contributed by atoms with Crippen molar-refractivity contribution in [1.82, 2.24) is 19.5 Å². The Labute approximate surface area is 118 Å². The molecule has 4 rings (SSSR count). The number of nitrogens with zero attached hydrogens (tertiary/aromatic N) is 4. The lowest BCUT2D eigenvalue weighted by atomic mass is 10.1. The van der Waals surface area contributed by atoms with Crippen LogP contribution in [0.3, 0.4) is 0 Å². The van der Waals surface area contributed by atoms with Crippen molar-refractivity contribution in [1.29, 1.82) is 0 Å². The maximum Gasteiger partial charge on any atom is 0.248 e. The van der Waals surface area contributed by atoms with E-state index >= 15 is 0 Å². The Hall–Kier alpha value is -2.31. The molecule has 0 aliphatic heterocycles. The quantitative estimate of drug-likeness (QED) is 0.726. The minimum atomic E-state index is -2.62. The molecule has 1 aliphatic carbocycles. The van der Waals surface area contributed by atoms with E-state index in [4.69, 9.17) is 4.52 Å². The maximum absolute atomic E-state index is 13.3. The predicted molar refractivity (Wildman–Crippen MR) is 70.0 cm³/mol. The monoisotopic (exact) mass is 290 g/mol. The summed E-state index contributed by atoms with van der Waals surface area (Å²) in [4.78, 5) is 8.52. The first-order valence-corrected chi connectivity index (χ1v) is 6.76. The van der Waals surface area contributed by atoms with E-state index in [0.717, 1.165) is 5.65 Å². The third kappa shape index (κ3) is 2.09. The molecule has 108 valence electrons. The van der Waals surface area contributed by atoms with Crippen LogP contribution in [0.2, 0.25) is 0 Å². The highest BCUT2D eigenvalue weighted by Gasteiger charge is 2.42. The standard InChI is InChI=1S/C14H12F2N4O/c15-14(16)5-4-9(7-14)13-18-12(19-21-13)10-8-17-11-3-1-2-6-20(10)11/h1-3,6,8-9H,4-5,7H2. The van der Waals surface area contributed by atoms with Crippen LogP contribution in [0.1, 0.15) is 31.1 Å². The van der Waals surface area contributed by atoms with Crippen molar-refractivity contribution in [2.24, 2.45) is 0 Å². The lowest BCUT2D eigenvalue weighted by molar-refractivity contribution is 0.00690. The van der Waals surface area contributed by atoms with Crippen LogP contribution in [-0.2, 0) is 0 Å². The highest BCUT2D eigenvalue weighted by molar-refractivity contribution is 5.56. The lowest BCUT2D eigenvalue weighted by Crippen LogP contribution is -2.09. The van der Waals surface area contributed by atoms with Gasteiger partial charge in [-0.05, 0) is 18.6 Å². The van der Waals surface area contributed by atoms with Crippen LogP contribution in [0, 0.1) is 0 Å². The molecule has 0 radical (unpaired) electrons. The van der Waals surface area contributed by atoms with Gasteiger partial charge in [0.15, 0.2) is 0 Å². The molecule has 0 N–H and O–H groups in total. The molecular weight excluding hydrogens is 278 g/mol. The number of rotatable bonds is 2. The van der Waals surface area contributed by atoms with Crippen LogP contribution in [0.15, 0.2) is 35.1 Å². The first-order chi connectivity index (χ1) is 10.1. The molecule has 1 atom stereocenters. The number of pyridine rings is 1. The fourth-order valence-corrected chi connectivity index (χ4v) is 2.76. The number of hydrogen-bond donors (Lipinski definition) is 0. The average molecular weight is 290 g/mol. The summed E-state index contributed by atoms with van der Waals surface area (Å²) in [5, 5.41) is 3.91. The van der Waals surface area contributed by atoms with Gasteiger partial charge in [-0.2, -0.15) is 4.98 Å². The van der Waals surface area contributed by atoms with Crippen LogP contribution in [0.25, 0.3) is 17.2 Å². The van der Waals surface area contributed by atoms with Crippen molar-refractivity contribution >= 4 is 5.65 Å². The van der Waals surface area contributed by atoms with Crippen molar-refractivity contribution in [2.45, 2.75) is 31.1 Å². The third-order valence-corrected chi connectivity index (χ3v) is 3.84. The largest absolute Gasteiger partial charge is 0.339 e. The second-order valence-electron chi connectivity index (χ2n) is 5.32. The molecular formula is C14H12F2N4O. The summed E-state index contributed by atoms with van der Waals surface area (Å²) in [6.07, 6.45) is 3.53. The SMILES string of the molecule is FC1(F)CCC(c2nc(-c3cnc4ccccn34)no2)C1. The van der Waals surface area contributed by atoms with E-state index in [9.17, 15) is 8.78 Å². The molecule has 7 heteroatoms. The zero-order valence-corrected chi connectivity index (χ0v) is 11.0. The van der Waals surface area contributed by atoms with Gasteiger partial charge in [-0.25, -0.2) is 13.8 Å². The smallest absolute Gasteiger partial charge is 0.248 e. The molecule has 1 saturated carbocycles. The first-order valence-electron chi connectivity index (χ1n) is 6.76. The Kier molecular flexibility index (Phi) is 2.57. The molecule has 3 heterocycles. The van der Waals surface area contributed by atoms with E-state index in [2.05, 4.69) is 15.1 Å². The van der Waals surface area contributed by atoms with Gasteiger partial charge in [0.05, 0.1) is 6.20 Å². The van der Waals surface area contributed by atoms with Crippen molar-refractivity contribution < 1.29 is 13.3 Å². The van der Waals surface area contributed by atoms with Crippen molar-refractivity contribution in [3.63, 3.8) is 0 Å². The molecule has 0 spiro atoms. The molecule has 1 unspecified atom stereocenters. The van der Waals surface area contributed by atoms with Crippen LogP contribution in [0.4, 0.5) is 8.78 Å². The summed E-state index contributed by atoms with van der Waals surface area (Å²) in [7, 11) is 0. The number of hydrogen-bond acceptors (Lipinski definition) is 4. The lowest BCUT2D eigenvalue weighted by Gasteiger charge is -2.06. The Morgan fingerprint density at radius 3 is 3.05 bits per heavy atom. The summed E-state index contributed by atoms with van der Waals surface area (Å²) in [6.45, 7) is 0. The van der Waals surface area contributed by atoms with Gasteiger partial charge in [0, 0.05) is 25.0 Å². The first kappa shape index (κ1) is 12.4. The zero-order valence-electron chi connectivity index (χ0n) is 11.0. The third-order valence-electron chi connectivity index (χ3n) is 3.84. The highest BCUT2D eigenvalue weighted by atomic mass is 19.3. The van der Waals surface area contributed by atoms with Crippen LogP contribution in [-0.4, -0.2) is 25.4 Å². The molecule has 3 aromatic heterocycles. The summed E-state index contributed by atoms with van der Waals surface area (Å²) in [5.74, 6) is -2.32. The fraction of sp³-hybridized carbons (Fsp3) is 0.357. The number of imidazole rings is 1. The number of halogens is 2. The van der Waals surface area contributed by atoms with E-state index in [0.29, 0.717) is 17.9 Å². The number of aromatic nitrogens is 4. The Morgan fingerprint density at radius 2 is 2.24 bits per heavy atom. The number of alkyl halides is 2. The van der Waals surface area contributed by atoms with Crippen molar-refractivity contribution in [3.8, 4) is 11.5 Å². The molecule has 5 nitrogen and oxygen atoms in total. The predicted octanol–water partition coefficient (Wildman–Crippen LogP) is 3.29. The normalized spacial score (nSPS) is 21.1. The summed E-state index contributed by atoms with van der Waals surface area (Å²) in [5.41, 5.74) is 1.46. The van der Waals surface area contributed by atoms with Gasteiger partial charge >= 0.3 is 0 Å². The van der Waals surface area contributed by atoms with Crippen molar-refractivity contribution in [2.75, 3.05) is 0 Å². The van der Waals surface area contributed by atoms with E-state index < -0.39 is 5.92 Å². The molecule has 3 aromatic rings. The zero-order chi connectivity index (χ0) is 14.4. The minimum Gasteiger partial charge on any atom is -0.339 e. The Bertz CT molecular complexity index is 795. The maximum atomic E-state index is 13.3. The molecule has 0 aromatic carbocycles. The van der Waals surface area contributed by atoms with Crippen molar-refractivity contribution in [3.05, 3.63) is 36.5 Å². The van der Waals surface area contributed by atoms with Crippen LogP contribution in [0.5, 0.6) is 0 Å².